The maximum atomic E-state index is 13.5. The van der Waals surface area contributed by atoms with Gasteiger partial charge in [0.2, 0.25) is 6.79 Å². The average Bonchev–Trinajstić information content (AvgIpc) is 3.19. The van der Waals surface area contributed by atoms with E-state index < -0.39 is 5.92 Å². The first-order chi connectivity index (χ1) is 15.1. The topological polar surface area (TPSA) is 72.3 Å². The molecule has 1 atom stereocenters. The lowest BCUT2D eigenvalue weighted by atomic mass is 9.93. The Bertz CT molecular complexity index is 1240. The van der Waals surface area contributed by atoms with E-state index in [1.807, 2.05) is 31.2 Å². The summed E-state index contributed by atoms with van der Waals surface area (Å²) in [5.74, 6) is 0.430. The van der Waals surface area contributed by atoms with E-state index in [-0.39, 0.29) is 18.5 Å². The van der Waals surface area contributed by atoms with Gasteiger partial charge < -0.3 is 14.8 Å². The van der Waals surface area contributed by atoms with Crippen LogP contribution in [0.15, 0.2) is 76.7 Å². The second-order valence-corrected chi connectivity index (χ2v) is 7.25. The molecule has 7 heteroatoms. The number of hydrogen-bond acceptors (Lipinski definition) is 5. The highest BCUT2D eigenvalue weighted by Gasteiger charge is 2.27. The van der Waals surface area contributed by atoms with Gasteiger partial charge in [0.05, 0.1) is 17.3 Å². The maximum Gasteiger partial charge on any atom is 0.256 e. The van der Waals surface area contributed by atoms with Gasteiger partial charge in [0.1, 0.15) is 11.7 Å². The molecule has 2 aliphatic heterocycles. The smallest absolute Gasteiger partial charge is 0.256 e. The molecule has 0 spiro atoms. The molecule has 2 heterocycles. The van der Waals surface area contributed by atoms with Crippen molar-refractivity contribution >= 4 is 28.8 Å². The van der Waals surface area contributed by atoms with E-state index in [0.717, 1.165) is 11.3 Å². The molecule has 6 nitrogen and oxygen atoms in total. The number of aliphatic imine (C=N–C) groups is 2. The number of amidine groups is 1. The quantitative estimate of drug-likeness (QED) is 0.647. The van der Waals surface area contributed by atoms with Crippen LogP contribution in [-0.4, -0.2) is 24.2 Å². The predicted molar refractivity (Wildman–Crippen MR) is 115 cm³/mol. The van der Waals surface area contributed by atoms with Gasteiger partial charge in [-0.25, -0.2) is 9.38 Å². The van der Waals surface area contributed by atoms with Crippen molar-refractivity contribution < 1.29 is 18.7 Å². The average molecular weight is 415 g/mol. The van der Waals surface area contributed by atoms with Gasteiger partial charge in [0.15, 0.2) is 11.5 Å². The number of ether oxygens (including phenoxy) is 2. The Balaban J connectivity index is 1.55. The molecule has 0 bridgehead atoms. The van der Waals surface area contributed by atoms with Crippen LogP contribution in [0.5, 0.6) is 11.5 Å². The number of benzene rings is 3. The standard InChI is InChI=1S/C24H18FN3O3/c1-14-22(15-6-9-17(25)10-7-15)23(27-19-5-3-2-4-18(19)26-14)28-24(29)16-8-11-20-21(12-16)31-13-30-20/h2-12,22H,13H2,1H3,(H,27,28,29)/t22-/m1/s1. The van der Waals surface area contributed by atoms with Crippen LogP contribution in [0, 0.1) is 5.82 Å². The Hall–Kier alpha value is -4.00. The zero-order valence-corrected chi connectivity index (χ0v) is 16.6. The highest BCUT2D eigenvalue weighted by Crippen LogP contribution is 2.35. The second kappa shape index (κ2) is 7.68. The zero-order valence-electron chi connectivity index (χ0n) is 16.6. The van der Waals surface area contributed by atoms with E-state index in [0.29, 0.717) is 34.3 Å². The molecule has 0 saturated carbocycles. The fourth-order valence-corrected chi connectivity index (χ4v) is 3.68. The molecule has 0 fully saturated rings. The third kappa shape index (κ3) is 3.66. The van der Waals surface area contributed by atoms with E-state index in [2.05, 4.69) is 5.32 Å². The summed E-state index contributed by atoms with van der Waals surface area (Å²) in [6.45, 7) is 2.00. The van der Waals surface area contributed by atoms with Crippen LogP contribution in [0.4, 0.5) is 15.8 Å². The first-order valence-electron chi connectivity index (χ1n) is 9.78. The highest BCUT2D eigenvalue weighted by molar-refractivity contribution is 6.19. The van der Waals surface area contributed by atoms with Crippen LogP contribution in [-0.2, 0) is 0 Å². The van der Waals surface area contributed by atoms with Gasteiger partial charge in [-0.15, -0.1) is 0 Å². The number of fused-ring (bicyclic) bond motifs is 2. The zero-order chi connectivity index (χ0) is 21.4. The summed E-state index contributed by atoms with van der Waals surface area (Å²) in [6.07, 6.45) is 0. The van der Waals surface area contributed by atoms with Gasteiger partial charge in [-0.1, -0.05) is 24.3 Å². The van der Waals surface area contributed by atoms with Crippen molar-refractivity contribution in [3.8, 4) is 11.5 Å². The normalized spacial score (nSPS) is 16.6. The summed E-state index contributed by atoms with van der Waals surface area (Å²) in [5, 5.41) is 2.94. The molecular weight excluding hydrogens is 397 g/mol. The van der Waals surface area contributed by atoms with Crippen LogP contribution in [0.25, 0.3) is 0 Å². The van der Waals surface area contributed by atoms with Gasteiger partial charge in [-0.3, -0.25) is 9.79 Å². The number of carbonyl (C=O) groups excluding carboxylic acids is 1. The third-order valence-electron chi connectivity index (χ3n) is 5.19. The fraction of sp³-hybridized carbons (Fsp3) is 0.125. The lowest BCUT2D eigenvalue weighted by Gasteiger charge is -2.19. The number of nitrogens with one attached hydrogen (secondary N) is 1. The summed E-state index contributed by atoms with van der Waals surface area (Å²) < 4.78 is 24.2. The van der Waals surface area contributed by atoms with Crippen molar-refractivity contribution in [3.63, 3.8) is 0 Å². The van der Waals surface area contributed by atoms with E-state index in [1.165, 1.54) is 12.1 Å². The summed E-state index contributed by atoms with van der Waals surface area (Å²) in [4.78, 5) is 22.5. The lowest BCUT2D eigenvalue weighted by Crippen LogP contribution is -2.37. The van der Waals surface area contributed by atoms with Gasteiger partial charge >= 0.3 is 0 Å². The van der Waals surface area contributed by atoms with Crippen molar-refractivity contribution in [3.05, 3.63) is 83.7 Å². The number of halogens is 1. The minimum atomic E-state index is -0.439. The molecule has 0 unspecified atom stereocenters. The van der Waals surface area contributed by atoms with E-state index >= 15 is 0 Å². The van der Waals surface area contributed by atoms with Gasteiger partial charge in [0.25, 0.3) is 5.91 Å². The Morgan fingerprint density at radius 3 is 2.45 bits per heavy atom. The summed E-state index contributed by atoms with van der Waals surface area (Å²) in [7, 11) is 0. The maximum absolute atomic E-state index is 13.5. The fourth-order valence-electron chi connectivity index (χ4n) is 3.68. The number of rotatable bonds is 2. The monoisotopic (exact) mass is 415 g/mol. The van der Waals surface area contributed by atoms with Crippen molar-refractivity contribution in [2.75, 3.05) is 6.79 Å². The van der Waals surface area contributed by atoms with Crippen LogP contribution in [0.3, 0.4) is 0 Å². The van der Waals surface area contributed by atoms with Gasteiger partial charge in [-0.2, -0.15) is 0 Å². The highest BCUT2D eigenvalue weighted by atomic mass is 19.1. The van der Waals surface area contributed by atoms with Crippen LogP contribution < -0.4 is 14.8 Å². The third-order valence-corrected chi connectivity index (χ3v) is 5.19. The minimum absolute atomic E-state index is 0.131. The Morgan fingerprint density at radius 1 is 0.968 bits per heavy atom. The molecule has 2 aliphatic rings. The SMILES string of the molecule is CC1=Nc2ccccc2N=C(NC(=O)c2ccc3c(c2)OCO3)[C@H]1c1ccc(F)cc1. The number of nitrogens with zero attached hydrogens (tertiary/aromatic N) is 2. The Morgan fingerprint density at radius 2 is 1.68 bits per heavy atom. The first kappa shape index (κ1) is 19.0. The van der Waals surface area contributed by atoms with Gasteiger partial charge in [0, 0.05) is 11.3 Å². The first-order valence-corrected chi connectivity index (χ1v) is 9.78. The van der Waals surface area contributed by atoms with Crippen molar-refractivity contribution in [2.24, 2.45) is 9.98 Å². The van der Waals surface area contributed by atoms with Crippen LogP contribution in [0.2, 0.25) is 0 Å². The molecule has 3 aromatic carbocycles. The van der Waals surface area contributed by atoms with Crippen molar-refractivity contribution in [2.45, 2.75) is 12.8 Å². The number of carbonyl (C=O) groups is 1. The van der Waals surface area contributed by atoms with Crippen molar-refractivity contribution in [1.82, 2.24) is 5.32 Å². The molecule has 3 aromatic rings. The summed E-state index contributed by atoms with van der Waals surface area (Å²) in [6, 6.07) is 18.6. The number of amides is 1. The Kier molecular flexibility index (Phi) is 4.71. The van der Waals surface area contributed by atoms with E-state index in [4.69, 9.17) is 19.5 Å². The predicted octanol–water partition coefficient (Wildman–Crippen LogP) is 4.90. The van der Waals surface area contributed by atoms with Gasteiger partial charge in [-0.05, 0) is 55.0 Å². The number of hydrogen-bond donors (Lipinski definition) is 1. The molecule has 1 amide bonds. The minimum Gasteiger partial charge on any atom is -0.454 e. The summed E-state index contributed by atoms with van der Waals surface area (Å²) >= 11 is 0. The molecule has 5 rings (SSSR count). The molecule has 31 heavy (non-hydrogen) atoms. The molecule has 0 aromatic heterocycles. The molecule has 1 N–H and O–H groups in total. The molecule has 0 saturated heterocycles. The lowest BCUT2D eigenvalue weighted by molar-refractivity contribution is 0.0976. The summed E-state index contributed by atoms with van der Waals surface area (Å²) in [5.41, 5.74) is 3.28. The van der Waals surface area contributed by atoms with E-state index in [9.17, 15) is 9.18 Å². The number of para-hydroxylation sites is 2. The van der Waals surface area contributed by atoms with Crippen LogP contribution in [0.1, 0.15) is 28.8 Å². The molecule has 154 valence electrons. The largest absolute Gasteiger partial charge is 0.454 e. The Labute approximate surface area is 178 Å². The van der Waals surface area contributed by atoms with E-state index in [1.54, 1.807) is 30.3 Å². The molecule has 0 aliphatic carbocycles. The molecular formula is C24H18FN3O3. The van der Waals surface area contributed by atoms with Crippen LogP contribution >= 0.6 is 0 Å². The second-order valence-electron chi connectivity index (χ2n) is 7.25. The molecule has 0 radical (unpaired) electrons. The van der Waals surface area contributed by atoms with Crippen molar-refractivity contribution in [1.29, 1.82) is 0 Å².